The number of aliphatic imine (C=N–C) groups is 1. The van der Waals surface area contributed by atoms with Gasteiger partial charge in [0.25, 0.3) is 0 Å². The molecule has 1 aliphatic heterocycles. The van der Waals surface area contributed by atoms with Crippen LogP contribution in [0.15, 0.2) is 35.3 Å². The molecule has 1 aromatic carbocycles. The Bertz CT molecular complexity index is 564. The predicted molar refractivity (Wildman–Crippen MR) is 107 cm³/mol. The van der Waals surface area contributed by atoms with Gasteiger partial charge in [-0.1, -0.05) is 37.3 Å². The first-order chi connectivity index (χ1) is 12.1. The fourth-order valence-corrected chi connectivity index (χ4v) is 3.15. The fraction of sp³-hybridized carbons (Fsp3) is 0.579. The number of nitrogens with one attached hydrogen (secondary N) is 2. The largest absolute Gasteiger partial charge is 0.356 e. The van der Waals surface area contributed by atoms with Crippen LogP contribution in [0.25, 0.3) is 0 Å². The van der Waals surface area contributed by atoms with Crippen LogP contribution in [-0.2, 0) is 11.2 Å². The number of carbonyl (C=O) groups excluding carboxylic acids is 1. The third kappa shape index (κ3) is 6.61. The Morgan fingerprint density at radius 2 is 2.12 bits per heavy atom. The smallest absolute Gasteiger partial charge is 0.223 e. The Morgan fingerprint density at radius 1 is 1.36 bits per heavy atom. The van der Waals surface area contributed by atoms with Gasteiger partial charge in [-0.2, -0.15) is 11.8 Å². The molecule has 0 saturated carbocycles. The summed E-state index contributed by atoms with van der Waals surface area (Å²) in [6, 6.07) is 10.3. The van der Waals surface area contributed by atoms with Crippen LogP contribution in [0.3, 0.4) is 0 Å². The fourth-order valence-electron chi connectivity index (χ4n) is 2.90. The van der Waals surface area contributed by atoms with Gasteiger partial charge in [0.2, 0.25) is 5.91 Å². The molecule has 2 rings (SSSR count). The number of nitrogens with zero attached hydrogens (tertiary/aromatic N) is 2. The molecule has 1 saturated heterocycles. The number of hydrogen-bond acceptors (Lipinski definition) is 3. The number of benzene rings is 1. The molecule has 25 heavy (non-hydrogen) atoms. The molecular weight excluding hydrogens is 332 g/mol. The van der Waals surface area contributed by atoms with E-state index in [9.17, 15) is 4.79 Å². The molecule has 1 aliphatic rings. The van der Waals surface area contributed by atoms with E-state index in [1.165, 1.54) is 5.56 Å². The first kappa shape index (κ1) is 19.6. The highest BCUT2D eigenvalue weighted by molar-refractivity contribution is 7.99. The van der Waals surface area contributed by atoms with Gasteiger partial charge in [-0.15, -0.1) is 0 Å². The lowest BCUT2D eigenvalue weighted by Gasteiger charge is -2.18. The zero-order valence-corrected chi connectivity index (χ0v) is 16.3. The summed E-state index contributed by atoms with van der Waals surface area (Å²) < 4.78 is 0. The van der Waals surface area contributed by atoms with Gasteiger partial charge in [-0.25, -0.2) is 0 Å². The number of carbonyl (C=O) groups is 1. The van der Waals surface area contributed by atoms with E-state index in [1.807, 2.05) is 34.9 Å². The van der Waals surface area contributed by atoms with E-state index in [1.54, 1.807) is 7.05 Å². The molecule has 1 amide bonds. The highest BCUT2D eigenvalue weighted by atomic mass is 32.2. The van der Waals surface area contributed by atoms with Crippen LogP contribution in [0.5, 0.6) is 0 Å². The number of hydrogen-bond donors (Lipinski definition) is 2. The number of likely N-dealkylation sites (tertiary alicyclic amines) is 1. The van der Waals surface area contributed by atoms with Crippen molar-refractivity contribution in [2.45, 2.75) is 25.0 Å². The van der Waals surface area contributed by atoms with Crippen LogP contribution in [0.4, 0.5) is 0 Å². The van der Waals surface area contributed by atoms with E-state index in [2.05, 4.69) is 40.9 Å². The molecule has 2 unspecified atom stereocenters. The summed E-state index contributed by atoms with van der Waals surface area (Å²) in [5, 5.41) is 7.23. The highest BCUT2D eigenvalue weighted by Gasteiger charge is 2.29. The van der Waals surface area contributed by atoms with E-state index < -0.39 is 0 Å². The van der Waals surface area contributed by atoms with Crippen LogP contribution in [-0.4, -0.2) is 61.5 Å². The third-order valence-corrected chi connectivity index (χ3v) is 5.52. The number of amides is 1. The van der Waals surface area contributed by atoms with Crippen molar-refractivity contribution in [2.75, 3.05) is 39.5 Å². The molecular formula is C19H30N4OS. The molecule has 0 radical (unpaired) electrons. The lowest BCUT2D eigenvalue weighted by Crippen LogP contribution is -2.42. The van der Waals surface area contributed by atoms with E-state index in [-0.39, 0.29) is 5.91 Å². The molecule has 5 nitrogen and oxygen atoms in total. The summed E-state index contributed by atoms with van der Waals surface area (Å²) in [5.41, 5.74) is 1.28. The Labute approximate surface area is 155 Å². The second-order valence-corrected chi connectivity index (χ2v) is 7.80. The predicted octanol–water partition coefficient (Wildman–Crippen LogP) is 1.99. The van der Waals surface area contributed by atoms with Crippen LogP contribution in [0.2, 0.25) is 0 Å². The Kier molecular flexibility index (Phi) is 8.12. The minimum atomic E-state index is 0.265. The molecule has 0 bridgehead atoms. The van der Waals surface area contributed by atoms with Gasteiger partial charge in [-0.3, -0.25) is 9.79 Å². The van der Waals surface area contributed by atoms with Crippen LogP contribution in [0, 0.1) is 5.92 Å². The standard InChI is InChI=1S/C19H30N4OS/c1-15(25-3)12-21-19(20-2)22-13-17-11-18(24)23(14-17)10-9-16-7-5-4-6-8-16/h4-8,15,17H,9-14H2,1-3H3,(H2,20,21,22). The van der Waals surface area contributed by atoms with Crippen LogP contribution < -0.4 is 10.6 Å². The topological polar surface area (TPSA) is 56.7 Å². The van der Waals surface area contributed by atoms with Crippen molar-refractivity contribution >= 4 is 23.6 Å². The van der Waals surface area contributed by atoms with Crippen molar-refractivity contribution < 1.29 is 4.79 Å². The summed E-state index contributed by atoms with van der Waals surface area (Å²) in [4.78, 5) is 18.5. The van der Waals surface area contributed by atoms with E-state index in [0.29, 0.717) is 17.6 Å². The zero-order valence-electron chi connectivity index (χ0n) is 15.5. The number of rotatable bonds is 8. The summed E-state index contributed by atoms with van der Waals surface area (Å²) in [6.45, 7) is 5.48. The highest BCUT2D eigenvalue weighted by Crippen LogP contribution is 2.17. The van der Waals surface area contributed by atoms with Crippen LogP contribution in [0.1, 0.15) is 18.9 Å². The molecule has 2 atom stereocenters. The summed E-state index contributed by atoms with van der Waals surface area (Å²) in [7, 11) is 1.78. The second kappa shape index (κ2) is 10.3. The molecule has 0 aliphatic carbocycles. The van der Waals surface area contributed by atoms with Gasteiger partial charge in [-0.05, 0) is 18.2 Å². The van der Waals surface area contributed by atoms with Crippen molar-refractivity contribution in [3.63, 3.8) is 0 Å². The van der Waals surface area contributed by atoms with Gasteiger partial charge in [0.15, 0.2) is 5.96 Å². The molecule has 0 spiro atoms. The molecule has 2 N–H and O–H groups in total. The van der Waals surface area contributed by atoms with E-state index >= 15 is 0 Å². The van der Waals surface area contributed by atoms with E-state index in [4.69, 9.17) is 0 Å². The normalized spacial score (nSPS) is 19.2. The number of thioether (sulfide) groups is 1. The maximum Gasteiger partial charge on any atom is 0.223 e. The summed E-state index contributed by atoms with van der Waals surface area (Å²) in [6.07, 6.45) is 3.65. The molecule has 6 heteroatoms. The Hall–Kier alpha value is -1.69. The van der Waals surface area contributed by atoms with Crippen LogP contribution >= 0.6 is 11.8 Å². The SMILES string of the molecule is CN=C(NCC1CC(=O)N(CCc2ccccc2)C1)NCC(C)SC. The zero-order chi connectivity index (χ0) is 18.1. The molecule has 1 aromatic rings. The van der Waals surface area contributed by atoms with Crippen molar-refractivity contribution in [1.29, 1.82) is 0 Å². The third-order valence-electron chi connectivity index (χ3n) is 4.55. The molecule has 0 aromatic heterocycles. The Balaban J connectivity index is 1.72. The first-order valence-electron chi connectivity index (χ1n) is 8.91. The van der Waals surface area contributed by atoms with Gasteiger partial charge < -0.3 is 15.5 Å². The average Bonchev–Trinajstić information content (AvgIpc) is 3.00. The van der Waals surface area contributed by atoms with Crippen molar-refractivity contribution in [1.82, 2.24) is 15.5 Å². The van der Waals surface area contributed by atoms with Gasteiger partial charge >= 0.3 is 0 Å². The van der Waals surface area contributed by atoms with E-state index in [0.717, 1.165) is 38.6 Å². The molecule has 138 valence electrons. The minimum Gasteiger partial charge on any atom is -0.356 e. The molecule has 1 heterocycles. The Morgan fingerprint density at radius 3 is 2.80 bits per heavy atom. The van der Waals surface area contributed by atoms with Gasteiger partial charge in [0, 0.05) is 50.8 Å². The van der Waals surface area contributed by atoms with Crippen molar-refractivity contribution in [3.05, 3.63) is 35.9 Å². The quantitative estimate of drug-likeness (QED) is 0.549. The van der Waals surface area contributed by atoms with Gasteiger partial charge in [0.05, 0.1) is 0 Å². The molecule has 1 fully saturated rings. The summed E-state index contributed by atoms with van der Waals surface area (Å²) in [5.74, 6) is 1.43. The number of guanidine groups is 1. The average molecular weight is 363 g/mol. The van der Waals surface area contributed by atoms with Crippen molar-refractivity contribution in [2.24, 2.45) is 10.9 Å². The first-order valence-corrected chi connectivity index (χ1v) is 10.2. The lowest BCUT2D eigenvalue weighted by molar-refractivity contribution is -0.127. The lowest BCUT2D eigenvalue weighted by atomic mass is 10.1. The maximum absolute atomic E-state index is 12.2. The van der Waals surface area contributed by atoms with Gasteiger partial charge in [0.1, 0.15) is 0 Å². The minimum absolute atomic E-state index is 0.265. The monoisotopic (exact) mass is 362 g/mol. The maximum atomic E-state index is 12.2. The summed E-state index contributed by atoms with van der Waals surface area (Å²) >= 11 is 1.83. The van der Waals surface area contributed by atoms with Crippen molar-refractivity contribution in [3.8, 4) is 0 Å². The second-order valence-electron chi connectivity index (χ2n) is 6.53.